The van der Waals surface area contributed by atoms with E-state index in [0.29, 0.717) is 30.2 Å². The van der Waals surface area contributed by atoms with E-state index in [0.717, 1.165) is 20.8 Å². The number of halogens is 1. The number of ether oxygens (including phenoxy) is 2. The molecule has 0 aliphatic rings. The molecule has 0 heterocycles. The molecule has 1 N–H and O–H groups in total. The number of carbonyl (C=O) groups excluding carboxylic acids is 2. The third kappa shape index (κ3) is 8.96. The first-order valence-corrected chi connectivity index (χ1v) is 16.5. The van der Waals surface area contributed by atoms with Crippen molar-refractivity contribution in [2.24, 2.45) is 0 Å². The summed E-state index contributed by atoms with van der Waals surface area (Å²) in [6, 6.07) is 19.1. The lowest BCUT2D eigenvalue weighted by molar-refractivity contribution is -0.140. The number of rotatable bonds is 15. The molecule has 2 atom stereocenters. The van der Waals surface area contributed by atoms with Crippen LogP contribution in [-0.2, 0) is 26.2 Å². The molecule has 3 rings (SSSR count). The van der Waals surface area contributed by atoms with Gasteiger partial charge in [-0.1, -0.05) is 41.9 Å². The standard InChI is InChI=1S/C32H40BrN3O6S/c1-6-23(4)34-32(38)30(7-2)35(21-24-9-15-27(41-5)16-10-24)31(37)22-36(26-13-17-28(18-14-26)42-8-3)43(39,40)29-19-11-25(33)12-20-29/h9-20,23,30H,6-8,21-22H2,1-5H3,(H,34,38)/t23-,30+/m1/s1. The van der Waals surface area contributed by atoms with Gasteiger partial charge in [0.2, 0.25) is 11.8 Å². The van der Waals surface area contributed by atoms with Crippen molar-refractivity contribution in [1.29, 1.82) is 0 Å². The summed E-state index contributed by atoms with van der Waals surface area (Å²) < 4.78 is 40.6. The second-order valence-corrected chi connectivity index (χ2v) is 12.8. The van der Waals surface area contributed by atoms with Crippen molar-refractivity contribution >= 4 is 43.5 Å². The minimum absolute atomic E-state index is 0.0284. The number of hydrogen-bond acceptors (Lipinski definition) is 6. The van der Waals surface area contributed by atoms with Gasteiger partial charge in [0.1, 0.15) is 24.1 Å². The Morgan fingerprint density at radius 2 is 1.49 bits per heavy atom. The summed E-state index contributed by atoms with van der Waals surface area (Å²) in [4.78, 5) is 29.1. The van der Waals surface area contributed by atoms with Gasteiger partial charge < -0.3 is 19.7 Å². The van der Waals surface area contributed by atoms with Crippen LogP contribution in [-0.4, -0.2) is 57.5 Å². The van der Waals surface area contributed by atoms with Crippen molar-refractivity contribution in [3.8, 4) is 11.5 Å². The molecule has 0 saturated heterocycles. The van der Waals surface area contributed by atoms with Gasteiger partial charge in [0, 0.05) is 17.1 Å². The Bertz CT molecular complexity index is 1450. The molecule has 0 fully saturated rings. The number of carbonyl (C=O) groups is 2. The van der Waals surface area contributed by atoms with Gasteiger partial charge in [0.15, 0.2) is 0 Å². The van der Waals surface area contributed by atoms with Gasteiger partial charge in [0.05, 0.1) is 24.3 Å². The van der Waals surface area contributed by atoms with Crippen molar-refractivity contribution in [3.63, 3.8) is 0 Å². The first-order chi connectivity index (χ1) is 20.5. The minimum Gasteiger partial charge on any atom is -0.497 e. The molecule has 9 nitrogen and oxygen atoms in total. The number of amides is 2. The first-order valence-electron chi connectivity index (χ1n) is 14.3. The van der Waals surface area contributed by atoms with Crippen molar-refractivity contribution in [2.45, 2.75) is 64.1 Å². The quantitative estimate of drug-likeness (QED) is 0.220. The molecule has 0 saturated carbocycles. The summed E-state index contributed by atoms with van der Waals surface area (Å²) in [6.45, 7) is 7.59. The molecule has 0 aliphatic heterocycles. The average molecular weight is 675 g/mol. The van der Waals surface area contributed by atoms with Crippen LogP contribution in [0, 0.1) is 0 Å². The van der Waals surface area contributed by atoms with Crippen LogP contribution in [0.3, 0.4) is 0 Å². The SMILES string of the molecule is CCOc1ccc(N(CC(=O)N(Cc2ccc(OC)cc2)[C@@H](CC)C(=O)N[C@H](C)CC)S(=O)(=O)c2ccc(Br)cc2)cc1. The number of sulfonamides is 1. The zero-order chi connectivity index (χ0) is 31.6. The number of benzene rings is 3. The largest absolute Gasteiger partial charge is 0.497 e. The van der Waals surface area contributed by atoms with Crippen molar-refractivity contribution in [3.05, 3.63) is 82.8 Å². The molecule has 3 aromatic rings. The lowest BCUT2D eigenvalue weighted by atomic mass is 10.1. The van der Waals surface area contributed by atoms with Gasteiger partial charge in [-0.2, -0.15) is 0 Å². The fraction of sp³-hybridized carbons (Fsp3) is 0.375. The molecule has 0 aromatic heterocycles. The van der Waals surface area contributed by atoms with Crippen LogP contribution in [0.15, 0.2) is 82.2 Å². The van der Waals surface area contributed by atoms with Crippen LogP contribution in [0.1, 0.15) is 46.1 Å². The maximum absolute atomic E-state index is 14.2. The van der Waals surface area contributed by atoms with Gasteiger partial charge >= 0.3 is 0 Å². The molecular formula is C32H40BrN3O6S. The van der Waals surface area contributed by atoms with Crippen LogP contribution < -0.4 is 19.1 Å². The summed E-state index contributed by atoms with van der Waals surface area (Å²) in [5, 5.41) is 2.98. The Morgan fingerprint density at radius 3 is 2.02 bits per heavy atom. The van der Waals surface area contributed by atoms with Gasteiger partial charge in [-0.25, -0.2) is 8.42 Å². The van der Waals surface area contributed by atoms with Crippen LogP contribution in [0.2, 0.25) is 0 Å². The first kappa shape index (κ1) is 33.9. The Labute approximate surface area is 263 Å². The minimum atomic E-state index is -4.17. The Morgan fingerprint density at radius 1 is 0.884 bits per heavy atom. The molecule has 0 bridgehead atoms. The number of methoxy groups -OCH3 is 1. The van der Waals surface area contributed by atoms with E-state index in [9.17, 15) is 18.0 Å². The zero-order valence-electron chi connectivity index (χ0n) is 25.2. The topological polar surface area (TPSA) is 105 Å². The molecule has 0 spiro atoms. The zero-order valence-corrected chi connectivity index (χ0v) is 27.7. The smallest absolute Gasteiger partial charge is 0.264 e. The molecule has 232 valence electrons. The number of nitrogens with one attached hydrogen (secondary N) is 1. The number of anilines is 1. The third-order valence-corrected chi connectivity index (χ3v) is 9.33. The molecule has 0 unspecified atom stereocenters. The molecular weight excluding hydrogens is 634 g/mol. The lowest BCUT2D eigenvalue weighted by Crippen LogP contribution is -2.53. The van der Waals surface area contributed by atoms with Gasteiger partial charge in [-0.05, 0) is 92.9 Å². The highest BCUT2D eigenvalue weighted by molar-refractivity contribution is 9.10. The summed E-state index contributed by atoms with van der Waals surface area (Å²) in [5.41, 5.74) is 1.06. The second kappa shape index (κ2) is 15.8. The molecule has 3 aromatic carbocycles. The van der Waals surface area contributed by atoms with E-state index < -0.39 is 28.5 Å². The monoisotopic (exact) mass is 673 g/mol. The van der Waals surface area contributed by atoms with Crippen LogP contribution in [0.5, 0.6) is 11.5 Å². The highest BCUT2D eigenvalue weighted by Gasteiger charge is 2.34. The fourth-order valence-corrected chi connectivity index (χ4v) is 6.10. The Hall–Kier alpha value is -3.57. The molecule has 43 heavy (non-hydrogen) atoms. The third-order valence-electron chi connectivity index (χ3n) is 7.02. The van der Waals surface area contributed by atoms with Crippen LogP contribution in [0.25, 0.3) is 0 Å². The Balaban J connectivity index is 2.06. The predicted octanol–water partition coefficient (Wildman–Crippen LogP) is 5.77. The summed E-state index contributed by atoms with van der Waals surface area (Å²) in [7, 11) is -2.61. The van der Waals surface area contributed by atoms with E-state index >= 15 is 0 Å². The van der Waals surface area contributed by atoms with E-state index in [1.165, 1.54) is 17.0 Å². The van der Waals surface area contributed by atoms with Crippen molar-refractivity contribution in [2.75, 3.05) is 24.6 Å². The van der Waals surface area contributed by atoms with E-state index in [1.807, 2.05) is 39.8 Å². The van der Waals surface area contributed by atoms with Gasteiger partial charge in [-0.3, -0.25) is 13.9 Å². The van der Waals surface area contributed by atoms with Crippen molar-refractivity contribution in [1.82, 2.24) is 10.2 Å². The van der Waals surface area contributed by atoms with Gasteiger partial charge in [-0.15, -0.1) is 0 Å². The predicted molar refractivity (Wildman–Crippen MR) is 172 cm³/mol. The van der Waals surface area contributed by atoms with E-state index in [2.05, 4.69) is 21.2 Å². The maximum Gasteiger partial charge on any atom is 0.264 e. The molecule has 0 radical (unpaired) electrons. The molecule has 2 amide bonds. The number of nitrogens with zero attached hydrogens (tertiary/aromatic N) is 2. The van der Waals surface area contributed by atoms with E-state index in [1.54, 1.807) is 55.6 Å². The second-order valence-electron chi connectivity index (χ2n) is 10.0. The van der Waals surface area contributed by atoms with Crippen LogP contribution >= 0.6 is 15.9 Å². The lowest BCUT2D eigenvalue weighted by Gasteiger charge is -2.33. The summed E-state index contributed by atoms with van der Waals surface area (Å²) in [6.07, 6.45) is 1.07. The van der Waals surface area contributed by atoms with Crippen LogP contribution in [0.4, 0.5) is 5.69 Å². The molecule has 0 aliphatic carbocycles. The van der Waals surface area contributed by atoms with E-state index in [-0.39, 0.29) is 23.4 Å². The highest BCUT2D eigenvalue weighted by atomic mass is 79.9. The summed E-state index contributed by atoms with van der Waals surface area (Å²) in [5.74, 6) is 0.427. The molecule has 11 heteroatoms. The van der Waals surface area contributed by atoms with E-state index in [4.69, 9.17) is 9.47 Å². The highest BCUT2D eigenvalue weighted by Crippen LogP contribution is 2.28. The maximum atomic E-state index is 14.2. The Kier molecular flexibility index (Phi) is 12.4. The number of hydrogen-bond donors (Lipinski definition) is 1. The van der Waals surface area contributed by atoms with Crippen molar-refractivity contribution < 1.29 is 27.5 Å². The summed E-state index contributed by atoms with van der Waals surface area (Å²) >= 11 is 3.35. The normalized spacial score (nSPS) is 12.6. The average Bonchev–Trinajstić information content (AvgIpc) is 3.00. The fourth-order valence-electron chi connectivity index (χ4n) is 4.43. The van der Waals surface area contributed by atoms with Gasteiger partial charge in [0.25, 0.3) is 10.0 Å².